The Hall–Kier alpha value is -3.34. The monoisotopic (exact) mass is 497 g/mol. The predicted molar refractivity (Wildman–Crippen MR) is 125 cm³/mol. The summed E-state index contributed by atoms with van der Waals surface area (Å²) in [6.45, 7) is 7.20. The van der Waals surface area contributed by atoms with Crippen LogP contribution >= 0.6 is 0 Å². The fraction of sp³-hybridized carbons (Fsp3) is 0.583. The lowest BCUT2D eigenvalue weighted by atomic mass is 10.0. The van der Waals surface area contributed by atoms with Gasteiger partial charge < -0.3 is 34.1 Å². The summed E-state index contributed by atoms with van der Waals surface area (Å²) < 4.78 is 25.0. The second-order valence-corrected chi connectivity index (χ2v) is 7.61. The molecule has 0 heterocycles. The van der Waals surface area contributed by atoms with E-state index in [0.717, 1.165) is 19.3 Å². The van der Waals surface area contributed by atoms with Crippen molar-refractivity contribution in [2.45, 2.75) is 71.9 Å². The fourth-order valence-corrected chi connectivity index (χ4v) is 2.95. The molecule has 0 aliphatic carbocycles. The standard InChI is InChI=1S/C24H35NO10/c1-5-8-9-10-21(26)33-16(4)15-25-18(22(27)28)13-17-11-12-19(34-23(29)31-6-2)20(14-17)35-24(30)32-7-3/h11-12,14,16,18,25H,5-10,13,15H2,1-4H3,(H,27,28)/t16?,18-/m0/s1. The molecule has 196 valence electrons. The van der Waals surface area contributed by atoms with Gasteiger partial charge in [-0.25, -0.2) is 9.59 Å². The van der Waals surface area contributed by atoms with E-state index in [0.29, 0.717) is 12.0 Å². The Morgan fingerprint density at radius 3 is 2.14 bits per heavy atom. The molecule has 1 aromatic carbocycles. The van der Waals surface area contributed by atoms with E-state index in [1.54, 1.807) is 20.8 Å². The number of aliphatic carboxylic acids is 1. The van der Waals surface area contributed by atoms with Crippen LogP contribution in [0, 0.1) is 0 Å². The molecule has 0 aliphatic heterocycles. The van der Waals surface area contributed by atoms with Crippen LogP contribution < -0.4 is 14.8 Å². The summed E-state index contributed by atoms with van der Waals surface area (Å²) in [6.07, 6.45) is 0.489. The van der Waals surface area contributed by atoms with E-state index in [-0.39, 0.29) is 43.6 Å². The summed E-state index contributed by atoms with van der Waals surface area (Å²) in [5, 5.41) is 12.5. The Morgan fingerprint density at radius 2 is 1.57 bits per heavy atom. The lowest BCUT2D eigenvalue weighted by Gasteiger charge is -2.19. The van der Waals surface area contributed by atoms with Crippen molar-refractivity contribution >= 4 is 24.2 Å². The molecule has 1 unspecified atom stereocenters. The molecule has 0 saturated heterocycles. The number of carboxylic acid groups (broad SMARTS) is 1. The number of carboxylic acids is 1. The first kappa shape index (κ1) is 29.7. The van der Waals surface area contributed by atoms with Crippen molar-refractivity contribution in [2.75, 3.05) is 19.8 Å². The topological polar surface area (TPSA) is 147 Å². The van der Waals surface area contributed by atoms with Crippen LogP contribution in [-0.2, 0) is 30.2 Å². The van der Waals surface area contributed by atoms with Gasteiger partial charge in [0.2, 0.25) is 0 Å². The summed E-state index contributed by atoms with van der Waals surface area (Å²) in [6, 6.07) is 3.24. The zero-order chi connectivity index (χ0) is 26.2. The minimum absolute atomic E-state index is 0.00533. The summed E-state index contributed by atoms with van der Waals surface area (Å²) in [5.74, 6) is -1.67. The fourth-order valence-electron chi connectivity index (χ4n) is 2.95. The van der Waals surface area contributed by atoms with Crippen LogP contribution in [-0.4, -0.2) is 61.3 Å². The van der Waals surface area contributed by atoms with Crippen LogP contribution in [0.25, 0.3) is 0 Å². The molecule has 35 heavy (non-hydrogen) atoms. The van der Waals surface area contributed by atoms with E-state index in [9.17, 15) is 24.3 Å². The number of rotatable bonds is 15. The normalized spacial score (nSPS) is 12.2. The molecule has 2 atom stereocenters. The summed E-state index contributed by atoms with van der Waals surface area (Å²) >= 11 is 0. The van der Waals surface area contributed by atoms with E-state index in [1.807, 2.05) is 6.92 Å². The van der Waals surface area contributed by atoms with Gasteiger partial charge in [0.1, 0.15) is 12.1 Å². The molecule has 11 nitrogen and oxygen atoms in total. The highest BCUT2D eigenvalue weighted by molar-refractivity contribution is 5.74. The molecule has 0 saturated carbocycles. The van der Waals surface area contributed by atoms with Crippen molar-refractivity contribution in [3.8, 4) is 11.5 Å². The van der Waals surface area contributed by atoms with Crippen LogP contribution in [0.15, 0.2) is 18.2 Å². The van der Waals surface area contributed by atoms with E-state index >= 15 is 0 Å². The molecule has 0 bridgehead atoms. The largest absolute Gasteiger partial charge is 0.513 e. The summed E-state index contributed by atoms with van der Waals surface area (Å²) in [4.78, 5) is 47.1. The van der Waals surface area contributed by atoms with Crippen molar-refractivity contribution in [3.63, 3.8) is 0 Å². The second kappa shape index (κ2) is 16.3. The van der Waals surface area contributed by atoms with Gasteiger partial charge in [0, 0.05) is 13.0 Å². The Balaban J connectivity index is 2.86. The zero-order valence-corrected chi connectivity index (χ0v) is 20.7. The quantitative estimate of drug-likeness (QED) is 0.158. The van der Waals surface area contributed by atoms with Gasteiger partial charge in [0.25, 0.3) is 0 Å². The minimum Gasteiger partial charge on any atom is -0.480 e. The molecule has 0 fully saturated rings. The Bertz CT molecular complexity index is 842. The zero-order valence-electron chi connectivity index (χ0n) is 20.7. The first-order valence-corrected chi connectivity index (χ1v) is 11.7. The molecule has 11 heteroatoms. The van der Waals surface area contributed by atoms with E-state index < -0.39 is 30.4 Å². The number of benzene rings is 1. The number of esters is 1. The SMILES string of the molecule is CCCCCC(=O)OC(C)CN[C@@H](Cc1ccc(OC(=O)OCC)c(OC(=O)OCC)c1)C(=O)O. The number of unbranched alkanes of at least 4 members (excludes halogenated alkanes) is 2. The predicted octanol–water partition coefficient (Wildman–Crippen LogP) is 3.85. The van der Waals surface area contributed by atoms with Gasteiger partial charge in [0.05, 0.1) is 13.2 Å². The molecule has 2 N–H and O–H groups in total. The molecule has 0 spiro atoms. The average molecular weight is 498 g/mol. The van der Waals surface area contributed by atoms with Gasteiger partial charge in [-0.1, -0.05) is 25.8 Å². The van der Waals surface area contributed by atoms with Gasteiger partial charge in [-0.15, -0.1) is 0 Å². The van der Waals surface area contributed by atoms with E-state index in [2.05, 4.69) is 5.32 Å². The van der Waals surface area contributed by atoms with Gasteiger partial charge in [-0.2, -0.15) is 0 Å². The van der Waals surface area contributed by atoms with E-state index in [1.165, 1.54) is 18.2 Å². The first-order valence-electron chi connectivity index (χ1n) is 11.7. The van der Waals surface area contributed by atoms with Crippen molar-refractivity contribution in [3.05, 3.63) is 23.8 Å². The number of hydrogen-bond donors (Lipinski definition) is 2. The molecule has 0 radical (unpaired) electrons. The van der Waals surface area contributed by atoms with Crippen molar-refractivity contribution in [1.82, 2.24) is 5.32 Å². The number of nitrogens with one attached hydrogen (secondary N) is 1. The molecular weight excluding hydrogens is 462 g/mol. The van der Waals surface area contributed by atoms with Crippen LogP contribution in [0.2, 0.25) is 0 Å². The van der Waals surface area contributed by atoms with Crippen molar-refractivity contribution in [2.24, 2.45) is 0 Å². The van der Waals surface area contributed by atoms with Crippen LogP contribution in [0.3, 0.4) is 0 Å². The lowest BCUT2D eigenvalue weighted by molar-refractivity contribution is -0.148. The molecule has 0 aromatic heterocycles. The summed E-state index contributed by atoms with van der Waals surface area (Å²) in [7, 11) is 0. The maximum absolute atomic E-state index is 11.9. The maximum atomic E-state index is 11.9. The summed E-state index contributed by atoms with van der Waals surface area (Å²) in [5.41, 5.74) is 0.477. The number of carbonyl (C=O) groups excluding carboxylic acids is 3. The molecule has 0 amide bonds. The van der Waals surface area contributed by atoms with Gasteiger partial charge in [-0.3, -0.25) is 9.59 Å². The first-order chi connectivity index (χ1) is 16.7. The highest BCUT2D eigenvalue weighted by Crippen LogP contribution is 2.30. The van der Waals surface area contributed by atoms with Crippen LogP contribution in [0.5, 0.6) is 11.5 Å². The highest BCUT2D eigenvalue weighted by Gasteiger charge is 2.22. The van der Waals surface area contributed by atoms with Gasteiger partial charge in [-0.05, 0) is 51.3 Å². The second-order valence-electron chi connectivity index (χ2n) is 7.61. The lowest BCUT2D eigenvalue weighted by Crippen LogP contribution is -2.42. The Morgan fingerprint density at radius 1 is 0.943 bits per heavy atom. The van der Waals surface area contributed by atoms with Gasteiger partial charge in [0.15, 0.2) is 11.5 Å². The van der Waals surface area contributed by atoms with Gasteiger partial charge >= 0.3 is 24.2 Å². The molecular formula is C24H35NO10. The molecule has 1 aromatic rings. The maximum Gasteiger partial charge on any atom is 0.513 e. The third kappa shape index (κ3) is 12.1. The minimum atomic E-state index is -1.12. The average Bonchev–Trinajstić information content (AvgIpc) is 2.78. The molecule has 0 aliphatic rings. The highest BCUT2D eigenvalue weighted by atomic mass is 16.7. The number of ether oxygens (including phenoxy) is 5. The number of hydrogen-bond acceptors (Lipinski definition) is 10. The van der Waals surface area contributed by atoms with Crippen molar-refractivity contribution in [1.29, 1.82) is 0 Å². The third-order valence-electron chi connectivity index (χ3n) is 4.63. The number of carbonyl (C=O) groups is 4. The van der Waals surface area contributed by atoms with E-state index in [4.69, 9.17) is 23.7 Å². The van der Waals surface area contributed by atoms with Crippen molar-refractivity contribution < 1.29 is 48.0 Å². The Kier molecular flexibility index (Phi) is 13.8. The smallest absolute Gasteiger partial charge is 0.480 e. The third-order valence-corrected chi connectivity index (χ3v) is 4.63. The van der Waals surface area contributed by atoms with Crippen LogP contribution in [0.4, 0.5) is 9.59 Å². The molecule has 1 rings (SSSR count). The van der Waals surface area contributed by atoms with Crippen LogP contribution in [0.1, 0.15) is 58.9 Å². The Labute approximate surface area is 205 Å².